The summed E-state index contributed by atoms with van der Waals surface area (Å²) in [6.07, 6.45) is 9.95. The molecule has 0 aromatic rings. The van der Waals surface area contributed by atoms with Crippen molar-refractivity contribution in [2.24, 2.45) is 5.92 Å². The third-order valence-electron chi connectivity index (χ3n) is 4.86. The molecule has 3 unspecified atom stereocenters. The Bertz CT molecular complexity index is 195. The lowest BCUT2D eigenvalue weighted by atomic mass is 9.86. The van der Waals surface area contributed by atoms with Crippen molar-refractivity contribution in [1.29, 1.82) is 0 Å². The number of nitrogens with zero attached hydrogens (tertiary/aromatic N) is 1. The fourth-order valence-corrected chi connectivity index (χ4v) is 3.50. The highest BCUT2D eigenvalue weighted by molar-refractivity contribution is 4.79. The Balaban J connectivity index is 1.64. The summed E-state index contributed by atoms with van der Waals surface area (Å²) in [4.78, 5) is 2.67. The van der Waals surface area contributed by atoms with Gasteiger partial charge < -0.3 is 5.32 Å². The Hall–Kier alpha value is -0.0800. The average molecular weight is 238 g/mol. The second kappa shape index (κ2) is 6.75. The minimum Gasteiger partial charge on any atom is -0.312 e. The SMILES string of the molecule is CC1CCCCC1NCCN1CCCCC1C. The molecule has 0 spiro atoms. The molecule has 2 fully saturated rings. The normalized spacial score (nSPS) is 36.0. The van der Waals surface area contributed by atoms with Crippen molar-refractivity contribution < 1.29 is 0 Å². The van der Waals surface area contributed by atoms with Crippen LogP contribution in [-0.4, -0.2) is 36.6 Å². The zero-order valence-electron chi connectivity index (χ0n) is 11.8. The second-order valence-electron chi connectivity index (χ2n) is 6.20. The van der Waals surface area contributed by atoms with E-state index in [1.54, 1.807) is 0 Å². The fraction of sp³-hybridized carbons (Fsp3) is 1.00. The topological polar surface area (TPSA) is 15.3 Å². The van der Waals surface area contributed by atoms with Crippen molar-refractivity contribution >= 4 is 0 Å². The second-order valence-corrected chi connectivity index (χ2v) is 6.20. The number of rotatable bonds is 4. The summed E-state index contributed by atoms with van der Waals surface area (Å²) in [7, 11) is 0. The monoisotopic (exact) mass is 238 g/mol. The Morgan fingerprint density at radius 1 is 1.00 bits per heavy atom. The summed E-state index contributed by atoms with van der Waals surface area (Å²) in [6.45, 7) is 8.58. The van der Waals surface area contributed by atoms with Crippen LogP contribution in [0.5, 0.6) is 0 Å². The maximum atomic E-state index is 3.80. The van der Waals surface area contributed by atoms with E-state index in [4.69, 9.17) is 0 Å². The van der Waals surface area contributed by atoms with Crippen LogP contribution in [0.4, 0.5) is 0 Å². The van der Waals surface area contributed by atoms with Gasteiger partial charge in [0.2, 0.25) is 0 Å². The molecule has 0 radical (unpaired) electrons. The Morgan fingerprint density at radius 2 is 1.76 bits per heavy atom. The van der Waals surface area contributed by atoms with E-state index in [9.17, 15) is 0 Å². The lowest BCUT2D eigenvalue weighted by Gasteiger charge is -2.35. The molecule has 2 nitrogen and oxygen atoms in total. The van der Waals surface area contributed by atoms with E-state index >= 15 is 0 Å². The molecule has 0 aromatic carbocycles. The molecule has 17 heavy (non-hydrogen) atoms. The molecule has 1 heterocycles. The van der Waals surface area contributed by atoms with Gasteiger partial charge in [0.1, 0.15) is 0 Å². The van der Waals surface area contributed by atoms with E-state index in [1.807, 2.05) is 0 Å². The van der Waals surface area contributed by atoms with E-state index < -0.39 is 0 Å². The van der Waals surface area contributed by atoms with Gasteiger partial charge in [-0.2, -0.15) is 0 Å². The predicted molar refractivity (Wildman–Crippen MR) is 74.3 cm³/mol. The number of hydrogen-bond donors (Lipinski definition) is 1. The number of nitrogens with one attached hydrogen (secondary N) is 1. The van der Waals surface area contributed by atoms with Crippen molar-refractivity contribution in [2.75, 3.05) is 19.6 Å². The van der Waals surface area contributed by atoms with Crippen LogP contribution in [0.1, 0.15) is 58.8 Å². The zero-order valence-corrected chi connectivity index (χ0v) is 11.8. The van der Waals surface area contributed by atoms with Gasteiger partial charge in [-0.15, -0.1) is 0 Å². The van der Waals surface area contributed by atoms with Crippen molar-refractivity contribution in [3.63, 3.8) is 0 Å². The Labute approximate surface area is 107 Å². The van der Waals surface area contributed by atoms with Gasteiger partial charge in [-0.1, -0.05) is 26.2 Å². The highest BCUT2D eigenvalue weighted by Crippen LogP contribution is 2.23. The van der Waals surface area contributed by atoms with Crippen LogP contribution in [0.15, 0.2) is 0 Å². The van der Waals surface area contributed by atoms with E-state index in [2.05, 4.69) is 24.1 Å². The van der Waals surface area contributed by atoms with Gasteiger partial charge in [0.25, 0.3) is 0 Å². The molecular weight excluding hydrogens is 208 g/mol. The molecule has 2 aliphatic rings. The third kappa shape index (κ3) is 3.96. The summed E-state index contributed by atoms with van der Waals surface area (Å²) < 4.78 is 0. The number of piperidine rings is 1. The highest BCUT2D eigenvalue weighted by atomic mass is 15.2. The molecule has 0 amide bonds. The van der Waals surface area contributed by atoms with Crippen LogP contribution in [0.3, 0.4) is 0 Å². The van der Waals surface area contributed by atoms with Crippen LogP contribution in [0.2, 0.25) is 0 Å². The van der Waals surface area contributed by atoms with Gasteiger partial charge in [-0.05, 0) is 45.1 Å². The largest absolute Gasteiger partial charge is 0.312 e. The predicted octanol–water partition coefficient (Wildman–Crippen LogP) is 3.03. The van der Waals surface area contributed by atoms with Crippen molar-refractivity contribution in [3.8, 4) is 0 Å². The quantitative estimate of drug-likeness (QED) is 0.810. The van der Waals surface area contributed by atoms with Gasteiger partial charge in [0.05, 0.1) is 0 Å². The first-order valence-electron chi connectivity index (χ1n) is 7.75. The van der Waals surface area contributed by atoms with Crippen LogP contribution in [-0.2, 0) is 0 Å². The summed E-state index contributed by atoms with van der Waals surface area (Å²) in [5.74, 6) is 0.891. The van der Waals surface area contributed by atoms with Gasteiger partial charge in [0.15, 0.2) is 0 Å². The van der Waals surface area contributed by atoms with Crippen LogP contribution in [0, 0.1) is 5.92 Å². The Morgan fingerprint density at radius 3 is 2.53 bits per heavy atom. The van der Waals surface area contributed by atoms with Gasteiger partial charge in [-0.3, -0.25) is 4.90 Å². The van der Waals surface area contributed by atoms with E-state index in [0.29, 0.717) is 0 Å². The van der Waals surface area contributed by atoms with Gasteiger partial charge >= 0.3 is 0 Å². The molecule has 1 saturated heterocycles. The van der Waals surface area contributed by atoms with Crippen molar-refractivity contribution in [2.45, 2.75) is 70.9 Å². The summed E-state index contributed by atoms with van der Waals surface area (Å²) in [5.41, 5.74) is 0. The molecule has 100 valence electrons. The summed E-state index contributed by atoms with van der Waals surface area (Å²) >= 11 is 0. The standard InChI is InChI=1S/C15H30N2/c1-13-7-3-4-9-15(13)16-10-12-17-11-6-5-8-14(17)2/h13-16H,3-12H2,1-2H3. The lowest BCUT2D eigenvalue weighted by molar-refractivity contribution is 0.155. The summed E-state index contributed by atoms with van der Waals surface area (Å²) in [6, 6.07) is 1.61. The highest BCUT2D eigenvalue weighted by Gasteiger charge is 2.21. The molecular formula is C15H30N2. The maximum absolute atomic E-state index is 3.80. The first-order chi connectivity index (χ1) is 8.27. The average Bonchev–Trinajstić information content (AvgIpc) is 2.34. The molecule has 1 aliphatic heterocycles. The zero-order chi connectivity index (χ0) is 12.1. The number of likely N-dealkylation sites (tertiary alicyclic amines) is 1. The van der Waals surface area contributed by atoms with E-state index in [0.717, 1.165) is 18.0 Å². The smallest absolute Gasteiger partial charge is 0.0110 e. The molecule has 1 saturated carbocycles. The van der Waals surface area contributed by atoms with E-state index in [-0.39, 0.29) is 0 Å². The third-order valence-corrected chi connectivity index (χ3v) is 4.86. The van der Waals surface area contributed by atoms with E-state index in [1.165, 1.54) is 64.6 Å². The molecule has 0 bridgehead atoms. The molecule has 1 N–H and O–H groups in total. The van der Waals surface area contributed by atoms with Crippen molar-refractivity contribution in [1.82, 2.24) is 10.2 Å². The first-order valence-corrected chi connectivity index (χ1v) is 7.75. The Kier molecular flexibility index (Phi) is 5.30. The van der Waals surface area contributed by atoms with Gasteiger partial charge in [-0.25, -0.2) is 0 Å². The fourth-order valence-electron chi connectivity index (χ4n) is 3.50. The minimum atomic E-state index is 0.795. The summed E-state index contributed by atoms with van der Waals surface area (Å²) in [5, 5.41) is 3.80. The van der Waals surface area contributed by atoms with Crippen LogP contribution < -0.4 is 5.32 Å². The first kappa shape index (κ1) is 13.4. The molecule has 3 atom stereocenters. The number of hydrogen-bond acceptors (Lipinski definition) is 2. The molecule has 2 heteroatoms. The maximum Gasteiger partial charge on any atom is 0.0110 e. The van der Waals surface area contributed by atoms with Gasteiger partial charge in [0, 0.05) is 25.2 Å². The lowest BCUT2D eigenvalue weighted by Crippen LogP contribution is -2.45. The minimum absolute atomic E-state index is 0.795. The molecule has 0 aromatic heterocycles. The molecule has 1 aliphatic carbocycles. The van der Waals surface area contributed by atoms with Crippen LogP contribution in [0.25, 0.3) is 0 Å². The van der Waals surface area contributed by atoms with Crippen molar-refractivity contribution in [3.05, 3.63) is 0 Å². The van der Waals surface area contributed by atoms with Crippen LogP contribution >= 0.6 is 0 Å². The molecule has 2 rings (SSSR count).